The van der Waals surface area contributed by atoms with Crippen molar-refractivity contribution in [3.63, 3.8) is 0 Å². The lowest BCUT2D eigenvalue weighted by Gasteiger charge is -2.40. The molecule has 5 rings (SSSR count). The van der Waals surface area contributed by atoms with Crippen molar-refractivity contribution in [2.24, 2.45) is 0 Å². The number of hydrogen-bond donors (Lipinski definition) is 1. The zero-order chi connectivity index (χ0) is 23.7. The predicted molar refractivity (Wildman–Crippen MR) is 123 cm³/mol. The van der Waals surface area contributed by atoms with Crippen LogP contribution in [0.1, 0.15) is 22.3 Å². The van der Waals surface area contributed by atoms with Crippen molar-refractivity contribution < 1.29 is 23.0 Å². The molecular weight excluding hydrogens is 438 g/mol. The van der Waals surface area contributed by atoms with Gasteiger partial charge in [-0.25, -0.2) is 13.6 Å². The normalized spacial score (nSPS) is 22.1. The number of rotatable bonds is 6. The van der Waals surface area contributed by atoms with Crippen LogP contribution in [0, 0.1) is 11.6 Å². The molecule has 1 fully saturated rings. The molecule has 0 radical (unpaired) electrons. The monoisotopic (exact) mass is 464 g/mol. The number of nitrogens with one attached hydrogen (secondary N) is 1. The summed E-state index contributed by atoms with van der Waals surface area (Å²) < 4.78 is 38.6. The molecule has 1 amide bonds. The molecule has 176 valence electrons. The molecule has 0 saturated carbocycles. The Morgan fingerprint density at radius 2 is 1.71 bits per heavy atom. The third-order valence-electron chi connectivity index (χ3n) is 6.63. The number of methoxy groups -OCH3 is 1. The summed E-state index contributed by atoms with van der Waals surface area (Å²) in [5, 5.41) is 2.86. The Morgan fingerprint density at radius 1 is 1.00 bits per heavy atom. The molecule has 1 N–H and O–H groups in total. The van der Waals surface area contributed by atoms with Crippen molar-refractivity contribution in [1.82, 2.24) is 10.2 Å². The number of amides is 1. The summed E-state index contributed by atoms with van der Waals surface area (Å²) in [5.74, 6) is -0.477. The van der Waals surface area contributed by atoms with Gasteiger partial charge in [0.25, 0.3) is 0 Å². The van der Waals surface area contributed by atoms with E-state index in [9.17, 15) is 13.6 Å². The number of benzene rings is 3. The van der Waals surface area contributed by atoms with Crippen LogP contribution in [-0.2, 0) is 30.7 Å². The minimum absolute atomic E-state index is 0.0978. The van der Waals surface area contributed by atoms with Gasteiger partial charge in [0.2, 0.25) is 0 Å². The van der Waals surface area contributed by atoms with Crippen LogP contribution in [0.4, 0.5) is 13.6 Å². The fourth-order valence-corrected chi connectivity index (χ4v) is 5.03. The predicted octanol–water partition coefficient (Wildman–Crippen LogP) is 4.62. The topological polar surface area (TPSA) is 50.8 Å². The number of cyclic esters (lactones) is 1. The number of halogens is 2. The summed E-state index contributed by atoms with van der Waals surface area (Å²) in [6, 6.07) is 19.1. The zero-order valence-electron chi connectivity index (χ0n) is 18.8. The average molecular weight is 465 g/mol. The Balaban J connectivity index is 1.43. The molecule has 3 atom stereocenters. The van der Waals surface area contributed by atoms with Gasteiger partial charge in [0, 0.05) is 19.2 Å². The molecule has 0 aliphatic carbocycles. The number of carbonyl (C=O) groups excluding carboxylic acids is 1. The van der Waals surface area contributed by atoms with Crippen LogP contribution in [0.15, 0.2) is 66.7 Å². The molecule has 1 saturated heterocycles. The lowest BCUT2D eigenvalue weighted by Crippen LogP contribution is -2.52. The second-order valence-corrected chi connectivity index (χ2v) is 8.90. The highest BCUT2D eigenvalue weighted by Gasteiger charge is 2.43. The van der Waals surface area contributed by atoms with Gasteiger partial charge < -0.3 is 14.8 Å². The molecule has 0 aromatic heterocycles. The number of fused-ring (bicyclic) bond motifs is 1. The number of hydrogen-bond acceptors (Lipinski definition) is 4. The number of alkyl carbamates (subject to hydrolysis) is 1. The zero-order valence-corrected chi connectivity index (χ0v) is 18.8. The average Bonchev–Trinajstić information content (AvgIpc) is 3.18. The Morgan fingerprint density at radius 3 is 2.41 bits per heavy atom. The second kappa shape index (κ2) is 9.43. The molecule has 5 nitrogen and oxygen atoms in total. The van der Waals surface area contributed by atoms with Gasteiger partial charge in [-0.1, -0.05) is 36.4 Å². The lowest BCUT2D eigenvalue weighted by molar-refractivity contribution is 0.0305. The van der Waals surface area contributed by atoms with E-state index in [0.29, 0.717) is 25.1 Å². The third kappa shape index (κ3) is 4.75. The Kier molecular flexibility index (Phi) is 6.20. The van der Waals surface area contributed by atoms with Gasteiger partial charge >= 0.3 is 6.09 Å². The molecule has 2 aliphatic heterocycles. The molecule has 1 unspecified atom stereocenters. The fourth-order valence-electron chi connectivity index (χ4n) is 5.03. The quantitative estimate of drug-likeness (QED) is 0.579. The minimum Gasteiger partial charge on any atom is -0.497 e. The van der Waals surface area contributed by atoms with E-state index >= 15 is 0 Å². The molecule has 7 heteroatoms. The first-order valence-electron chi connectivity index (χ1n) is 11.3. The largest absolute Gasteiger partial charge is 0.497 e. The second-order valence-electron chi connectivity index (χ2n) is 8.90. The molecule has 2 aliphatic rings. The smallest absolute Gasteiger partial charge is 0.407 e. The molecule has 3 aromatic rings. The van der Waals surface area contributed by atoms with Crippen LogP contribution >= 0.6 is 0 Å². The van der Waals surface area contributed by atoms with E-state index in [1.165, 1.54) is 23.3 Å². The summed E-state index contributed by atoms with van der Waals surface area (Å²) in [6.07, 6.45) is 0.0140. The maximum Gasteiger partial charge on any atom is 0.407 e. The molecule has 34 heavy (non-hydrogen) atoms. The van der Waals surface area contributed by atoms with Crippen molar-refractivity contribution in [2.45, 2.75) is 44.1 Å². The van der Waals surface area contributed by atoms with Crippen molar-refractivity contribution in [3.05, 3.63) is 101 Å². The van der Waals surface area contributed by atoms with Gasteiger partial charge in [0.15, 0.2) is 0 Å². The van der Waals surface area contributed by atoms with Gasteiger partial charge in [-0.15, -0.1) is 0 Å². The first-order chi connectivity index (χ1) is 16.5. The van der Waals surface area contributed by atoms with Crippen LogP contribution in [0.5, 0.6) is 5.75 Å². The molecule has 3 aromatic carbocycles. The summed E-state index contributed by atoms with van der Waals surface area (Å²) in [5.41, 5.74) is 4.06. The minimum atomic E-state index is -0.635. The summed E-state index contributed by atoms with van der Waals surface area (Å²) in [6.45, 7) is 1.38. The van der Waals surface area contributed by atoms with Gasteiger partial charge in [0.1, 0.15) is 23.5 Å². The molecule has 0 bridgehead atoms. The van der Waals surface area contributed by atoms with E-state index in [4.69, 9.17) is 9.47 Å². The molecular formula is C27H26F2N2O3. The van der Waals surface area contributed by atoms with E-state index in [2.05, 4.69) is 22.3 Å². The maximum absolute atomic E-state index is 13.8. The Labute approximate surface area is 197 Å². The number of ether oxygens (including phenoxy) is 2. The van der Waals surface area contributed by atoms with Gasteiger partial charge in [0.05, 0.1) is 19.2 Å². The summed E-state index contributed by atoms with van der Waals surface area (Å²) >= 11 is 0. The third-order valence-corrected chi connectivity index (χ3v) is 6.63. The maximum atomic E-state index is 13.8. The highest BCUT2D eigenvalue weighted by Crippen LogP contribution is 2.31. The molecule has 2 heterocycles. The Bertz CT molecular complexity index is 1160. The van der Waals surface area contributed by atoms with Crippen LogP contribution in [0.2, 0.25) is 0 Å². The van der Waals surface area contributed by atoms with Crippen molar-refractivity contribution in [3.8, 4) is 5.75 Å². The summed E-state index contributed by atoms with van der Waals surface area (Å²) in [4.78, 5) is 14.6. The van der Waals surface area contributed by atoms with E-state index in [-0.39, 0.29) is 12.5 Å². The molecule has 0 spiro atoms. The van der Waals surface area contributed by atoms with Gasteiger partial charge in [-0.3, -0.25) is 4.90 Å². The number of nitrogens with zero attached hydrogens (tertiary/aromatic N) is 1. The fraction of sp³-hybridized carbons (Fsp3) is 0.296. The first-order valence-corrected chi connectivity index (χ1v) is 11.3. The van der Waals surface area contributed by atoms with E-state index in [1.807, 2.05) is 36.4 Å². The summed E-state index contributed by atoms with van der Waals surface area (Å²) in [7, 11) is 1.64. The van der Waals surface area contributed by atoms with Crippen LogP contribution in [0.3, 0.4) is 0 Å². The SMILES string of the molecule is COc1ccc(CN2Cc3ccccc3CC2[C@H]2OC(=O)N[C@H]2Cc2cc(F)cc(F)c2)cc1. The van der Waals surface area contributed by atoms with Crippen LogP contribution < -0.4 is 10.1 Å². The van der Waals surface area contributed by atoms with Crippen molar-refractivity contribution in [2.75, 3.05) is 7.11 Å². The van der Waals surface area contributed by atoms with Crippen LogP contribution in [-0.4, -0.2) is 36.3 Å². The van der Waals surface area contributed by atoms with E-state index in [0.717, 1.165) is 17.4 Å². The lowest BCUT2D eigenvalue weighted by atomic mass is 9.87. The Hall–Kier alpha value is -3.45. The highest BCUT2D eigenvalue weighted by molar-refractivity contribution is 5.70. The standard InChI is InChI=1S/C27H26F2N2O3/c1-33-23-8-6-17(7-9-23)15-31-16-20-5-3-2-4-19(20)13-25(31)26-24(30-27(32)34-26)12-18-10-21(28)14-22(29)11-18/h2-11,14,24-26H,12-13,15-16H2,1H3,(H,30,32)/t24-,25?,26-/m0/s1. The highest BCUT2D eigenvalue weighted by atomic mass is 19.1. The van der Waals surface area contributed by atoms with Crippen molar-refractivity contribution in [1.29, 1.82) is 0 Å². The first kappa shape index (κ1) is 22.3. The van der Waals surface area contributed by atoms with Crippen LogP contribution in [0.25, 0.3) is 0 Å². The van der Waals surface area contributed by atoms with Gasteiger partial charge in [-0.05, 0) is 59.4 Å². The van der Waals surface area contributed by atoms with E-state index in [1.54, 1.807) is 7.11 Å². The van der Waals surface area contributed by atoms with Crippen molar-refractivity contribution >= 4 is 6.09 Å². The van der Waals surface area contributed by atoms with Gasteiger partial charge in [-0.2, -0.15) is 0 Å². The number of carbonyl (C=O) groups is 1. The van der Waals surface area contributed by atoms with E-state index < -0.39 is 29.9 Å².